The van der Waals surface area contributed by atoms with Gasteiger partial charge in [-0.2, -0.15) is 8.78 Å². The third kappa shape index (κ3) is 6.13. The van der Waals surface area contributed by atoms with E-state index in [1.54, 1.807) is 24.3 Å². The predicted molar refractivity (Wildman–Crippen MR) is 120 cm³/mol. The number of aromatic nitrogens is 2. The zero-order valence-corrected chi connectivity index (χ0v) is 18.0. The number of anilines is 1. The lowest BCUT2D eigenvalue weighted by Gasteiger charge is -2.08. The van der Waals surface area contributed by atoms with E-state index >= 15 is 0 Å². The number of carbonyl (C=O) groups is 1. The maximum Gasteiger partial charge on any atom is 0.387 e. The number of fused-ring (bicyclic) bond motifs is 1. The summed E-state index contributed by atoms with van der Waals surface area (Å²) in [6, 6.07) is 20.7. The van der Waals surface area contributed by atoms with Gasteiger partial charge >= 0.3 is 6.61 Å². The topological polar surface area (TPSA) is 93.3 Å². The molecule has 7 nitrogen and oxygen atoms in total. The van der Waals surface area contributed by atoms with Crippen molar-refractivity contribution in [2.45, 2.75) is 18.4 Å². The van der Waals surface area contributed by atoms with Gasteiger partial charge in [0, 0.05) is 11.8 Å². The predicted octanol–water partition coefficient (Wildman–Crippen LogP) is 4.49. The van der Waals surface area contributed by atoms with Crippen LogP contribution in [-0.4, -0.2) is 32.4 Å². The number of rotatable bonds is 9. The van der Waals surface area contributed by atoms with Gasteiger partial charge in [0.1, 0.15) is 23.9 Å². The van der Waals surface area contributed by atoms with Gasteiger partial charge in [-0.3, -0.25) is 9.00 Å². The van der Waals surface area contributed by atoms with Crippen molar-refractivity contribution in [2.24, 2.45) is 0 Å². The molecule has 33 heavy (non-hydrogen) atoms. The molecule has 0 saturated heterocycles. The van der Waals surface area contributed by atoms with Crippen LogP contribution >= 0.6 is 0 Å². The van der Waals surface area contributed by atoms with E-state index in [4.69, 9.17) is 4.74 Å². The number of halogens is 2. The highest BCUT2D eigenvalue weighted by Gasteiger charge is 2.15. The van der Waals surface area contributed by atoms with Crippen LogP contribution < -0.4 is 14.8 Å². The molecule has 1 amide bonds. The fourth-order valence-electron chi connectivity index (χ4n) is 3.01. The summed E-state index contributed by atoms with van der Waals surface area (Å²) >= 11 is 0. The first-order chi connectivity index (χ1) is 16.0. The zero-order valence-electron chi connectivity index (χ0n) is 17.2. The van der Waals surface area contributed by atoms with Crippen LogP contribution in [0.2, 0.25) is 0 Å². The molecule has 0 radical (unpaired) electrons. The normalized spacial score (nSPS) is 12.0. The molecule has 1 atom stereocenters. The Morgan fingerprint density at radius 2 is 1.76 bits per heavy atom. The second-order valence-corrected chi connectivity index (χ2v) is 8.30. The Bertz CT molecular complexity index is 1260. The average molecular weight is 471 g/mol. The Hall–Kier alpha value is -3.79. The van der Waals surface area contributed by atoms with Crippen molar-refractivity contribution >= 4 is 33.4 Å². The molecule has 4 aromatic rings. The summed E-state index contributed by atoms with van der Waals surface area (Å²) in [5.74, 6) is -0.189. The maximum absolute atomic E-state index is 12.5. The molecule has 3 aromatic carbocycles. The first kappa shape index (κ1) is 22.4. The second-order valence-electron chi connectivity index (χ2n) is 6.94. The molecule has 0 aliphatic heterocycles. The van der Waals surface area contributed by atoms with Crippen LogP contribution in [0.15, 0.2) is 78.0 Å². The lowest BCUT2D eigenvalue weighted by atomic mass is 10.2. The summed E-state index contributed by atoms with van der Waals surface area (Å²) in [5.41, 5.74) is 2.37. The van der Waals surface area contributed by atoms with Gasteiger partial charge in [0.2, 0.25) is 5.91 Å². The monoisotopic (exact) mass is 471 g/mol. The molecule has 2 N–H and O–H groups in total. The summed E-state index contributed by atoms with van der Waals surface area (Å²) in [5, 5.41) is 2.74. The van der Waals surface area contributed by atoms with E-state index in [-0.39, 0.29) is 16.7 Å². The molecule has 0 aliphatic rings. The van der Waals surface area contributed by atoms with Crippen LogP contribution in [0.25, 0.3) is 11.0 Å². The molecule has 170 valence electrons. The zero-order chi connectivity index (χ0) is 23.2. The van der Waals surface area contributed by atoms with Crippen LogP contribution in [0.5, 0.6) is 11.5 Å². The molecule has 1 unspecified atom stereocenters. The molecular formula is C23H19F2N3O4S. The molecule has 1 aromatic heterocycles. The molecule has 0 fully saturated rings. The van der Waals surface area contributed by atoms with Gasteiger partial charge in [0.05, 0.1) is 21.8 Å². The number of nitrogens with one attached hydrogen (secondary N) is 2. The number of ether oxygens (including phenoxy) is 2. The first-order valence-electron chi connectivity index (χ1n) is 9.86. The Labute approximate surface area is 190 Å². The van der Waals surface area contributed by atoms with Crippen molar-refractivity contribution in [1.82, 2.24) is 9.97 Å². The molecule has 0 saturated carbocycles. The first-order valence-corrected chi connectivity index (χ1v) is 11.2. The Morgan fingerprint density at radius 1 is 1.03 bits per heavy atom. The number of nitrogens with zero attached hydrogens (tertiary/aromatic N) is 1. The maximum atomic E-state index is 12.5. The number of H-pyrrole nitrogens is 1. The SMILES string of the molecule is O=C(CS(=O)c1nc2ccc(OC(F)F)cc2[nH]1)Nc1ccc(OCc2ccccc2)cc1. The van der Waals surface area contributed by atoms with E-state index in [1.807, 2.05) is 30.3 Å². The summed E-state index contributed by atoms with van der Waals surface area (Å²) < 4.78 is 47.3. The molecule has 4 rings (SSSR count). The van der Waals surface area contributed by atoms with Crippen molar-refractivity contribution in [1.29, 1.82) is 0 Å². The summed E-state index contributed by atoms with van der Waals surface area (Å²) in [6.45, 7) is -2.52. The number of benzene rings is 3. The molecule has 1 heterocycles. The van der Waals surface area contributed by atoms with Crippen LogP contribution in [-0.2, 0) is 22.2 Å². The van der Waals surface area contributed by atoms with Crippen molar-refractivity contribution in [2.75, 3.05) is 11.1 Å². The largest absolute Gasteiger partial charge is 0.489 e. The second kappa shape index (κ2) is 10.2. The highest BCUT2D eigenvalue weighted by atomic mass is 32.2. The highest BCUT2D eigenvalue weighted by Crippen LogP contribution is 2.22. The number of aromatic amines is 1. The van der Waals surface area contributed by atoms with Gasteiger partial charge in [0.25, 0.3) is 0 Å². The Kier molecular flexibility index (Phi) is 6.94. The van der Waals surface area contributed by atoms with Gasteiger partial charge in [0.15, 0.2) is 5.16 Å². The van der Waals surface area contributed by atoms with Crippen molar-refractivity contribution < 1.29 is 27.3 Å². The van der Waals surface area contributed by atoms with Gasteiger partial charge in [-0.05, 0) is 42.0 Å². The van der Waals surface area contributed by atoms with Gasteiger partial charge in [-0.25, -0.2) is 4.98 Å². The highest BCUT2D eigenvalue weighted by molar-refractivity contribution is 7.85. The molecule has 0 aliphatic carbocycles. The lowest BCUT2D eigenvalue weighted by Crippen LogP contribution is -2.20. The van der Waals surface area contributed by atoms with Crippen molar-refractivity contribution in [3.8, 4) is 11.5 Å². The third-order valence-corrected chi connectivity index (χ3v) is 5.67. The van der Waals surface area contributed by atoms with E-state index in [9.17, 15) is 17.8 Å². The minimum atomic E-state index is -2.95. The van der Waals surface area contributed by atoms with E-state index in [0.29, 0.717) is 29.1 Å². The fraction of sp³-hybridized carbons (Fsp3) is 0.130. The number of hydrogen-bond donors (Lipinski definition) is 2. The minimum Gasteiger partial charge on any atom is -0.489 e. The number of amides is 1. The van der Waals surface area contributed by atoms with Gasteiger partial charge in [-0.1, -0.05) is 30.3 Å². The lowest BCUT2D eigenvalue weighted by molar-refractivity contribution is -0.113. The van der Waals surface area contributed by atoms with E-state index in [2.05, 4.69) is 20.0 Å². The molecule has 0 spiro atoms. The van der Waals surface area contributed by atoms with Gasteiger partial charge in [-0.15, -0.1) is 0 Å². The standard InChI is InChI=1S/C23H19F2N3O4S/c24-22(25)32-18-10-11-19-20(12-18)28-23(27-19)33(30)14-21(29)26-16-6-8-17(9-7-16)31-13-15-4-2-1-3-5-15/h1-12,22H,13-14H2,(H,26,29)(H,27,28). The summed E-state index contributed by atoms with van der Waals surface area (Å²) in [7, 11) is -1.76. The molecular weight excluding hydrogens is 452 g/mol. The smallest absolute Gasteiger partial charge is 0.387 e. The number of hydrogen-bond acceptors (Lipinski definition) is 5. The third-order valence-electron chi connectivity index (χ3n) is 4.52. The van der Waals surface area contributed by atoms with E-state index in [1.165, 1.54) is 18.2 Å². The van der Waals surface area contributed by atoms with Crippen molar-refractivity contribution in [3.63, 3.8) is 0 Å². The Balaban J connectivity index is 1.32. The van der Waals surface area contributed by atoms with Crippen LogP contribution in [0.3, 0.4) is 0 Å². The average Bonchev–Trinajstić information content (AvgIpc) is 3.22. The Morgan fingerprint density at radius 3 is 2.48 bits per heavy atom. The summed E-state index contributed by atoms with van der Waals surface area (Å²) in [6.07, 6.45) is 0. The number of imidazole rings is 1. The van der Waals surface area contributed by atoms with Crippen LogP contribution in [0.4, 0.5) is 14.5 Å². The summed E-state index contributed by atoms with van der Waals surface area (Å²) in [4.78, 5) is 19.2. The van der Waals surface area contributed by atoms with Crippen LogP contribution in [0.1, 0.15) is 5.56 Å². The van der Waals surface area contributed by atoms with Crippen LogP contribution in [0, 0.1) is 0 Å². The molecule has 10 heteroatoms. The quantitative estimate of drug-likeness (QED) is 0.375. The fourth-order valence-corrected chi connectivity index (χ4v) is 3.88. The van der Waals surface area contributed by atoms with Gasteiger partial charge < -0.3 is 19.8 Å². The van der Waals surface area contributed by atoms with E-state index < -0.39 is 23.3 Å². The van der Waals surface area contributed by atoms with E-state index in [0.717, 1.165) is 5.56 Å². The minimum absolute atomic E-state index is 0.0487. The number of carbonyl (C=O) groups excluding carboxylic acids is 1. The molecule has 0 bridgehead atoms. The van der Waals surface area contributed by atoms with Crippen molar-refractivity contribution in [3.05, 3.63) is 78.4 Å². The number of alkyl halides is 2.